The molecule has 0 aromatic carbocycles. The van der Waals surface area contributed by atoms with Gasteiger partial charge in [0.15, 0.2) is 0 Å². The highest BCUT2D eigenvalue weighted by Gasteiger charge is 2.42. The minimum Gasteiger partial charge on any atom is -0.480 e. The van der Waals surface area contributed by atoms with Crippen molar-refractivity contribution in [2.45, 2.75) is 37.5 Å². The Morgan fingerprint density at radius 3 is 2.75 bits per heavy atom. The average Bonchev–Trinajstić information content (AvgIpc) is 3.04. The lowest BCUT2D eigenvalue weighted by Gasteiger charge is -2.26. The predicted molar refractivity (Wildman–Crippen MR) is 66.7 cm³/mol. The van der Waals surface area contributed by atoms with Crippen LogP contribution in [0.15, 0.2) is 0 Å². The fourth-order valence-corrected chi connectivity index (χ4v) is 2.65. The summed E-state index contributed by atoms with van der Waals surface area (Å²) in [6.45, 7) is 0.0946. The molecule has 0 unspecified atom stereocenters. The zero-order chi connectivity index (χ0) is 14.7. The lowest BCUT2D eigenvalue weighted by atomic mass is 10.1. The van der Waals surface area contributed by atoms with Crippen LogP contribution in [0.2, 0.25) is 0 Å². The molecule has 2 heterocycles. The van der Waals surface area contributed by atoms with Crippen molar-refractivity contribution in [1.29, 1.82) is 0 Å². The van der Waals surface area contributed by atoms with E-state index < -0.39 is 30.6 Å². The van der Waals surface area contributed by atoms with Crippen molar-refractivity contribution in [3.63, 3.8) is 0 Å². The van der Waals surface area contributed by atoms with Crippen LogP contribution in [0, 0.1) is 0 Å². The number of alkyl halides is 1. The first kappa shape index (κ1) is 14.7. The minimum atomic E-state index is -1.25. The summed E-state index contributed by atoms with van der Waals surface area (Å²) in [5.74, 6) is -2.07. The first-order valence-electron chi connectivity index (χ1n) is 6.66. The van der Waals surface area contributed by atoms with Crippen molar-refractivity contribution in [1.82, 2.24) is 15.5 Å². The van der Waals surface area contributed by atoms with E-state index in [9.17, 15) is 18.8 Å². The second-order valence-electron chi connectivity index (χ2n) is 5.10. The summed E-state index contributed by atoms with van der Waals surface area (Å²) in [6, 6.07) is -1.28. The van der Waals surface area contributed by atoms with E-state index in [1.165, 1.54) is 4.90 Å². The Kier molecular flexibility index (Phi) is 4.53. The van der Waals surface area contributed by atoms with Gasteiger partial charge in [-0.2, -0.15) is 0 Å². The minimum absolute atomic E-state index is 0.0795. The molecule has 0 radical (unpaired) electrons. The molecule has 8 heteroatoms. The molecule has 112 valence electrons. The van der Waals surface area contributed by atoms with Gasteiger partial charge in [0, 0.05) is 6.42 Å². The highest BCUT2D eigenvalue weighted by molar-refractivity contribution is 5.91. The molecule has 0 bridgehead atoms. The van der Waals surface area contributed by atoms with E-state index in [0.717, 1.165) is 13.0 Å². The van der Waals surface area contributed by atoms with E-state index in [1.54, 1.807) is 0 Å². The maximum atomic E-state index is 13.5. The summed E-state index contributed by atoms with van der Waals surface area (Å²) >= 11 is 0. The third-order valence-electron chi connectivity index (χ3n) is 3.61. The number of carbonyl (C=O) groups excluding carboxylic acids is 2. The Labute approximate surface area is 115 Å². The molecule has 3 atom stereocenters. The van der Waals surface area contributed by atoms with Gasteiger partial charge in [0.05, 0.1) is 12.6 Å². The van der Waals surface area contributed by atoms with Crippen molar-refractivity contribution >= 4 is 17.8 Å². The molecule has 2 rings (SSSR count). The van der Waals surface area contributed by atoms with Crippen molar-refractivity contribution in [2.24, 2.45) is 0 Å². The molecule has 20 heavy (non-hydrogen) atoms. The van der Waals surface area contributed by atoms with E-state index in [-0.39, 0.29) is 24.9 Å². The molecule has 2 fully saturated rings. The van der Waals surface area contributed by atoms with Crippen molar-refractivity contribution < 1.29 is 23.9 Å². The number of amides is 2. The van der Waals surface area contributed by atoms with Crippen LogP contribution >= 0.6 is 0 Å². The van der Waals surface area contributed by atoms with Crippen LogP contribution in [-0.4, -0.2) is 65.7 Å². The smallest absolute Gasteiger partial charge is 0.322 e. The van der Waals surface area contributed by atoms with Gasteiger partial charge in [0.25, 0.3) is 0 Å². The molecule has 2 amide bonds. The van der Waals surface area contributed by atoms with Crippen molar-refractivity contribution in [2.75, 3.05) is 19.6 Å². The monoisotopic (exact) mass is 287 g/mol. The van der Waals surface area contributed by atoms with Gasteiger partial charge in [-0.3, -0.25) is 14.4 Å². The largest absolute Gasteiger partial charge is 0.480 e. The van der Waals surface area contributed by atoms with Crippen LogP contribution in [0.25, 0.3) is 0 Å². The molecule has 0 aromatic rings. The lowest BCUT2D eigenvalue weighted by molar-refractivity contribution is -0.141. The Morgan fingerprint density at radius 1 is 1.40 bits per heavy atom. The number of likely N-dealkylation sites (tertiary alicyclic amines) is 1. The van der Waals surface area contributed by atoms with Crippen LogP contribution in [0.5, 0.6) is 0 Å². The molecule has 2 saturated heterocycles. The normalized spacial score (nSPS) is 29.4. The van der Waals surface area contributed by atoms with Crippen LogP contribution in [-0.2, 0) is 14.4 Å². The highest BCUT2D eigenvalue weighted by atomic mass is 19.1. The number of aliphatic carboxylic acids is 1. The summed E-state index contributed by atoms with van der Waals surface area (Å²) in [5.41, 5.74) is 0. The van der Waals surface area contributed by atoms with Crippen LogP contribution in [0.3, 0.4) is 0 Å². The molecule has 2 aliphatic rings. The van der Waals surface area contributed by atoms with Gasteiger partial charge in [-0.15, -0.1) is 0 Å². The van der Waals surface area contributed by atoms with Crippen molar-refractivity contribution in [3.8, 4) is 0 Å². The Morgan fingerprint density at radius 2 is 2.15 bits per heavy atom. The number of carbonyl (C=O) groups is 3. The zero-order valence-electron chi connectivity index (χ0n) is 11.0. The maximum Gasteiger partial charge on any atom is 0.322 e. The molecular formula is C12H18FN3O4. The number of carboxylic acids is 1. The molecule has 0 saturated carbocycles. The Hall–Kier alpha value is -1.70. The van der Waals surface area contributed by atoms with E-state index >= 15 is 0 Å². The number of carboxylic acid groups (broad SMARTS) is 1. The van der Waals surface area contributed by atoms with Gasteiger partial charge in [-0.25, -0.2) is 4.39 Å². The van der Waals surface area contributed by atoms with E-state index in [1.807, 2.05) is 0 Å². The first-order valence-corrected chi connectivity index (χ1v) is 6.66. The van der Waals surface area contributed by atoms with Crippen LogP contribution < -0.4 is 10.6 Å². The topological polar surface area (TPSA) is 98.7 Å². The molecule has 7 nitrogen and oxygen atoms in total. The van der Waals surface area contributed by atoms with Gasteiger partial charge in [-0.05, 0) is 19.4 Å². The van der Waals surface area contributed by atoms with Crippen LogP contribution in [0.1, 0.15) is 19.3 Å². The van der Waals surface area contributed by atoms with Crippen LogP contribution in [0.4, 0.5) is 4.39 Å². The van der Waals surface area contributed by atoms with Crippen molar-refractivity contribution in [3.05, 3.63) is 0 Å². The molecule has 2 aliphatic heterocycles. The summed E-state index contributed by atoms with van der Waals surface area (Å²) < 4.78 is 13.5. The highest BCUT2D eigenvalue weighted by Crippen LogP contribution is 2.23. The standard InChI is InChI=1S/C12H18FN3O4/c13-7-4-9(11(19)15-5-10(17)18)16(6-7)12(20)8-2-1-3-14-8/h7-9,14H,1-6H2,(H,15,19)(H,17,18)/t7-,8-,9-/m0/s1. The Bertz CT molecular complexity index is 412. The van der Waals surface area contributed by atoms with Gasteiger partial charge >= 0.3 is 5.97 Å². The van der Waals surface area contributed by atoms with Gasteiger partial charge in [0.1, 0.15) is 18.8 Å². The fourth-order valence-electron chi connectivity index (χ4n) is 2.65. The predicted octanol–water partition coefficient (Wildman–Crippen LogP) is -1.12. The molecule has 0 aliphatic carbocycles. The number of hydrogen-bond acceptors (Lipinski definition) is 4. The van der Waals surface area contributed by atoms with Gasteiger partial charge in [0.2, 0.25) is 11.8 Å². The number of nitrogens with zero attached hydrogens (tertiary/aromatic N) is 1. The quantitative estimate of drug-likeness (QED) is 0.608. The molecule has 0 spiro atoms. The second-order valence-corrected chi connectivity index (χ2v) is 5.10. The second kappa shape index (κ2) is 6.17. The number of nitrogens with one attached hydrogen (secondary N) is 2. The molecule has 0 aromatic heterocycles. The molecule has 3 N–H and O–H groups in total. The summed E-state index contributed by atoms with van der Waals surface area (Å²) in [6.07, 6.45) is 0.222. The van der Waals surface area contributed by atoms with E-state index in [4.69, 9.17) is 5.11 Å². The van der Waals surface area contributed by atoms with E-state index in [0.29, 0.717) is 6.42 Å². The number of halogens is 1. The van der Waals surface area contributed by atoms with E-state index in [2.05, 4.69) is 10.6 Å². The SMILES string of the molecule is O=C(O)CNC(=O)[C@@H]1C[C@H](F)CN1C(=O)[C@@H]1CCCN1. The number of hydrogen-bond donors (Lipinski definition) is 3. The third kappa shape index (κ3) is 3.24. The fraction of sp³-hybridized carbons (Fsp3) is 0.750. The summed E-state index contributed by atoms with van der Waals surface area (Å²) in [4.78, 5) is 35.8. The maximum absolute atomic E-state index is 13.5. The average molecular weight is 287 g/mol. The molecular weight excluding hydrogens is 269 g/mol. The van der Waals surface area contributed by atoms with Gasteiger partial charge < -0.3 is 20.6 Å². The van der Waals surface area contributed by atoms with Gasteiger partial charge in [-0.1, -0.05) is 0 Å². The number of rotatable bonds is 4. The third-order valence-corrected chi connectivity index (χ3v) is 3.61. The summed E-state index contributed by atoms with van der Waals surface area (Å²) in [5, 5.41) is 13.7. The zero-order valence-corrected chi connectivity index (χ0v) is 11.0. The lowest BCUT2D eigenvalue weighted by Crippen LogP contribution is -2.51. The summed E-state index contributed by atoms with van der Waals surface area (Å²) in [7, 11) is 0. The first-order chi connectivity index (χ1) is 9.49. The Balaban J connectivity index is 2.00.